The van der Waals surface area contributed by atoms with Crippen LogP contribution in [-0.4, -0.2) is 32.5 Å². The van der Waals surface area contributed by atoms with Crippen LogP contribution in [0.25, 0.3) is 0 Å². The lowest BCUT2D eigenvalue weighted by molar-refractivity contribution is -0.136. The SMILES string of the molecule is Cc1c(C(=O)Nc2cccc(CSCCC(=O)O)c2)cnn1CC(C)C. The van der Waals surface area contributed by atoms with Crippen molar-refractivity contribution in [2.75, 3.05) is 11.1 Å². The van der Waals surface area contributed by atoms with Crippen molar-refractivity contribution in [3.63, 3.8) is 0 Å². The van der Waals surface area contributed by atoms with Crippen molar-refractivity contribution >= 4 is 29.3 Å². The summed E-state index contributed by atoms with van der Waals surface area (Å²) in [5.74, 6) is 0.780. The maximum absolute atomic E-state index is 12.5. The van der Waals surface area contributed by atoms with Crippen molar-refractivity contribution < 1.29 is 14.7 Å². The first-order valence-corrected chi connectivity index (χ1v) is 9.74. The number of carbonyl (C=O) groups excluding carboxylic acids is 1. The van der Waals surface area contributed by atoms with Gasteiger partial charge in [-0.05, 0) is 30.5 Å². The van der Waals surface area contributed by atoms with Crippen molar-refractivity contribution in [3.8, 4) is 0 Å². The van der Waals surface area contributed by atoms with E-state index in [1.54, 1.807) is 18.0 Å². The number of benzene rings is 1. The van der Waals surface area contributed by atoms with Crippen LogP contribution in [0, 0.1) is 12.8 Å². The van der Waals surface area contributed by atoms with E-state index in [4.69, 9.17) is 5.11 Å². The zero-order chi connectivity index (χ0) is 19.1. The van der Waals surface area contributed by atoms with E-state index >= 15 is 0 Å². The van der Waals surface area contributed by atoms with E-state index in [0.29, 0.717) is 23.0 Å². The molecule has 0 bridgehead atoms. The molecule has 0 unspecified atom stereocenters. The van der Waals surface area contributed by atoms with Gasteiger partial charge in [-0.15, -0.1) is 0 Å². The van der Waals surface area contributed by atoms with Gasteiger partial charge in [0.15, 0.2) is 0 Å². The molecule has 1 aromatic carbocycles. The Kier molecular flexibility index (Phi) is 7.26. The van der Waals surface area contributed by atoms with Gasteiger partial charge in [-0.3, -0.25) is 14.3 Å². The average Bonchev–Trinajstić information content (AvgIpc) is 2.92. The number of nitrogens with zero attached hydrogens (tertiary/aromatic N) is 2. The number of hydrogen-bond donors (Lipinski definition) is 2. The molecule has 2 N–H and O–H groups in total. The summed E-state index contributed by atoms with van der Waals surface area (Å²) in [5.41, 5.74) is 3.20. The molecule has 2 aromatic rings. The lowest BCUT2D eigenvalue weighted by Gasteiger charge is -2.09. The van der Waals surface area contributed by atoms with E-state index in [0.717, 1.165) is 23.5 Å². The standard InChI is InChI=1S/C19H25N3O3S/c1-13(2)11-22-14(3)17(10-20-22)19(25)21-16-6-4-5-15(9-16)12-26-8-7-18(23)24/h4-6,9-10,13H,7-8,11-12H2,1-3H3,(H,21,25)(H,23,24). The predicted octanol–water partition coefficient (Wildman–Crippen LogP) is 3.81. The maximum Gasteiger partial charge on any atom is 0.304 e. The van der Waals surface area contributed by atoms with Crippen molar-refractivity contribution in [2.24, 2.45) is 5.92 Å². The molecule has 0 aliphatic heterocycles. The summed E-state index contributed by atoms with van der Waals surface area (Å²) in [6.45, 7) is 6.91. The number of rotatable bonds is 9. The van der Waals surface area contributed by atoms with Crippen molar-refractivity contribution in [1.29, 1.82) is 0 Å². The molecule has 0 spiro atoms. The molecule has 1 amide bonds. The van der Waals surface area contributed by atoms with Gasteiger partial charge in [-0.1, -0.05) is 26.0 Å². The highest BCUT2D eigenvalue weighted by Gasteiger charge is 2.15. The third-order valence-electron chi connectivity index (χ3n) is 3.80. The van der Waals surface area contributed by atoms with Gasteiger partial charge < -0.3 is 10.4 Å². The second-order valence-corrected chi connectivity index (χ2v) is 7.68. The number of carbonyl (C=O) groups is 2. The van der Waals surface area contributed by atoms with Gasteiger partial charge in [0.2, 0.25) is 0 Å². The fourth-order valence-corrected chi connectivity index (χ4v) is 3.36. The lowest BCUT2D eigenvalue weighted by atomic mass is 10.2. The molecule has 0 fully saturated rings. The molecule has 7 heteroatoms. The van der Waals surface area contributed by atoms with Crippen molar-refractivity contribution in [1.82, 2.24) is 9.78 Å². The highest BCUT2D eigenvalue weighted by Crippen LogP contribution is 2.18. The lowest BCUT2D eigenvalue weighted by Crippen LogP contribution is -2.14. The van der Waals surface area contributed by atoms with Crippen LogP contribution in [-0.2, 0) is 17.1 Å². The largest absolute Gasteiger partial charge is 0.481 e. The van der Waals surface area contributed by atoms with E-state index in [9.17, 15) is 9.59 Å². The van der Waals surface area contributed by atoms with Gasteiger partial charge in [0.05, 0.1) is 18.2 Å². The quantitative estimate of drug-likeness (QED) is 0.651. The van der Waals surface area contributed by atoms with Crippen molar-refractivity contribution in [2.45, 2.75) is 39.5 Å². The first-order valence-electron chi connectivity index (χ1n) is 8.59. The normalized spacial score (nSPS) is 10.9. The number of thioether (sulfide) groups is 1. The third-order valence-corrected chi connectivity index (χ3v) is 4.83. The number of amides is 1. The van der Waals surface area contributed by atoms with Crippen LogP contribution in [0.1, 0.15) is 41.9 Å². The molecular weight excluding hydrogens is 350 g/mol. The molecule has 26 heavy (non-hydrogen) atoms. The zero-order valence-corrected chi connectivity index (χ0v) is 16.2. The monoisotopic (exact) mass is 375 g/mol. The van der Waals surface area contributed by atoms with Gasteiger partial charge in [0, 0.05) is 29.4 Å². The van der Waals surface area contributed by atoms with Crippen LogP contribution >= 0.6 is 11.8 Å². The van der Waals surface area contributed by atoms with Gasteiger partial charge in [-0.2, -0.15) is 16.9 Å². The Bertz CT molecular complexity index is 771. The summed E-state index contributed by atoms with van der Waals surface area (Å²) >= 11 is 1.56. The number of aromatic nitrogens is 2. The van der Waals surface area contributed by atoms with Crippen LogP contribution < -0.4 is 5.32 Å². The fraction of sp³-hybridized carbons (Fsp3) is 0.421. The van der Waals surface area contributed by atoms with E-state index < -0.39 is 5.97 Å². The van der Waals surface area contributed by atoms with Crippen LogP contribution in [0.2, 0.25) is 0 Å². The molecule has 1 heterocycles. The van der Waals surface area contributed by atoms with Crippen LogP contribution in [0.15, 0.2) is 30.5 Å². The number of nitrogens with one attached hydrogen (secondary N) is 1. The summed E-state index contributed by atoms with van der Waals surface area (Å²) < 4.78 is 1.86. The molecule has 0 aliphatic carbocycles. The molecule has 1 aromatic heterocycles. The molecule has 0 saturated heterocycles. The smallest absolute Gasteiger partial charge is 0.304 e. The van der Waals surface area contributed by atoms with Gasteiger partial charge in [0.25, 0.3) is 5.91 Å². The number of hydrogen-bond acceptors (Lipinski definition) is 4. The molecular formula is C19H25N3O3S. The van der Waals surface area contributed by atoms with Gasteiger partial charge in [-0.25, -0.2) is 0 Å². The summed E-state index contributed by atoms with van der Waals surface area (Å²) in [6, 6.07) is 7.61. The van der Waals surface area contributed by atoms with Gasteiger partial charge in [0.1, 0.15) is 0 Å². The molecule has 140 valence electrons. The first kappa shape index (κ1) is 20.0. The highest BCUT2D eigenvalue weighted by atomic mass is 32.2. The molecule has 0 aliphatic rings. The minimum atomic E-state index is -0.785. The average molecular weight is 375 g/mol. The second-order valence-electron chi connectivity index (χ2n) is 6.57. The maximum atomic E-state index is 12.5. The molecule has 0 saturated carbocycles. The molecule has 2 rings (SSSR count). The Morgan fingerprint density at radius 2 is 2.12 bits per heavy atom. The summed E-state index contributed by atoms with van der Waals surface area (Å²) in [7, 11) is 0. The minimum Gasteiger partial charge on any atom is -0.481 e. The van der Waals surface area contributed by atoms with E-state index in [1.807, 2.05) is 35.9 Å². The summed E-state index contributed by atoms with van der Waals surface area (Å²) in [5, 5.41) is 15.9. The van der Waals surface area contributed by atoms with Crippen molar-refractivity contribution in [3.05, 3.63) is 47.3 Å². The minimum absolute atomic E-state index is 0.154. The van der Waals surface area contributed by atoms with E-state index in [2.05, 4.69) is 24.3 Å². The van der Waals surface area contributed by atoms with Crippen LogP contribution in [0.3, 0.4) is 0 Å². The Hall–Kier alpha value is -2.28. The highest BCUT2D eigenvalue weighted by molar-refractivity contribution is 7.98. The van der Waals surface area contributed by atoms with E-state index in [1.165, 1.54) is 0 Å². The topological polar surface area (TPSA) is 84.2 Å². The van der Waals surface area contributed by atoms with E-state index in [-0.39, 0.29) is 12.3 Å². The predicted molar refractivity (Wildman–Crippen MR) is 105 cm³/mol. The Morgan fingerprint density at radius 1 is 1.35 bits per heavy atom. The fourth-order valence-electron chi connectivity index (χ4n) is 2.49. The Balaban J connectivity index is 1.98. The molecule has 0 radical (unpaired) electrons. The van der Waals surface area contributed by atoms with Crippen LogP contribution in [0.4, 0.5) is 5.69 Å². The summed E-state index contributed by atoms with van der Waals surface area (Å²) in [6.07, 6.45) is 1.76. The Labute approximate surface area is 158 Å². The number of aliphatic carboxylic acids is 1. The second kappa shape index (κ2) is 9.43. The summed E-state index contributed by atoms with van der Waals surface area (Å²) in [4.78, 5) is 23.1. The van der Waals surface area contributed by atoms with Crippen LogP contribution in [0.5, 0.6) is 0 Å². The Morgan fingerprint density at radius 3 is 2.81 bits per heavy atom. The molecule has 0 atom stereocenters. The number of carboxylic acid groups (broad SMARTS) is 1. The number of carboxylic acids is 1. The van der Waals surface area contributed by atoms with Gasteiger partial charge >= 0.3 is 5.97 Å². The first-order chi connectivity index (χ1) is 12.4. The zero-order valence-electron chi connectivity index (χ0n) is 15.4. The third kappa shape index (κ3) is 5.91. The molecule has 6 nitrogen and oxygen atoms in total. The number of anilines is 1.